The number of nitrogens with zero attached hydrogens (tertiary/aromatic N) is 6. The molecule has 2 aromatic carbocycles. The van der Waals surface area contributed by atoms with Crippen LogP contribution in [-0.2, 0) is 0 Å². The van der Waals surface area contributed by atoms with E-state index in [4.69, 9.17) is 21.3 Å². The monoisotopic (exact) mass is 505 g/mol. The molecule has 4 aromatic rings. The summed E-state index contributed by atoms with van der Waals surface area (Å²) in [5, 5.41) is 7.29. The third-order valence-electron chi connectivity index (χ3n) is 6.81. The number of aromatic nitrogens is 4. The molecule has 1 fully saturated rings. The van der Waals surface area contributed by atoms with Gasteiger partial charge in [-0.25, -0.2) is 15.0 Å². The molecule has 0 bridgehead atoms. The fourth-order valence-electron chi connectivity index (χ4n) is 4.95. The Morgan fingerprint density at radius 3 is 2.53 bits per heavy atom. The van der Waals surface area contributed by atoms with Gasteiger partial charge in [0, 0.05) is 29.9 Å². The molecule has 0 amide bonds. The molecular formula is C26H28ClN7O2. The number of anilines is 1. The van der Waals surface area contributed by atoms with Gasteiger partial charge >= 0.3 is 0 Å². The van der Waals surface area contributed by atoms with Crippen LogP contribution in [-0.4, -0.2) is 58.3 Å². The standard InChI is InChI=1S/C26H28ClN7O2/c1-3-30-26(16-31-35)12-14-33(15-13-26)24-22-25(29-17-28-24)34(18-8-10-19(36-2)11-9-18)23(32-22)20-6-4-5-7-21(20)27/h4-11,17,30H,3,12-16H2,1-2H3. The summed E-state index contributed by atoms with van der Waals surface area (Å²) in [6.45, 7) is 4.56. The third-order valence-corrected chi connectivity index (χ3v) is 7.14. The SMILES string of the molecule is CCNC1(CN=O)CCN(c2ncnc3c2nc(-c2ccccc2Cl)n3-c2ccc(OC)cc2)CC1. The quantitative estimate of drug-likeness (QED) is 0.341. The molecule has 10 heteroatoms. The fourth-order valence-corrected chi connectivity index (χ4v) is 5.17. The summed E-state index contributed by atoms with van der Waals surface area (Å²) in [5.41, 5.74) is 2.82. The number of nitroso groups, excluding NO2 is 1. The number of piperidine rings is 1. The number of methoxy groups -OCH3 is 1. The zero-order valence-electron chi connectivity index (χ0n) is 20.3. The number of hydrogen-bond acceptors (Lipinski definition) is 8. The van der Waals surface area contributed by atoms with Crippen LogP contribution in [0.3, 0.4) is 0 Å². The molecule has 1 aliphatic rings. The normalized spacial score (nSPS) is 15.2. The maximum Gasteiger partial charge on any atom is 0.170 e. The first-order valence-corrected chi connectivity index (χ1v) is 12.4. The molecule has 0 atom stereocenters. The second-order valence-electron chi connectivity index (χ2n) is 8.90. The molecule has 1 saturated heterocycles. The van der Waals surface area contributed by atoms with Crippen molar-refractivity contribution in [1.29, 1.82) is 0 Å². The van der Waals surface area contributed by atoms with Gasteiger partial charge in [0.05, 0.1) is 18.7 Å². The van der Waals surface area contributed by atoms with E-state index in [2.05, 4.69) is 32.3 Å². The van der Waals surface area contributed by atoms with Crippen LogP contribution in [0.4, 0.5) is 5.82 Å². The largest absolute Gasteiger partial charge is 0.497 e. The van der Waals surface area contributed by atoms with Crippen LogP contribution in [0.2, 0.25) is 5.02 Å². The summed E-state index contributed by atoms with van der Waals surface area (Å²) >= 11 is 6.61. The predicted molar refractivity (Wildman–Crippen MR) is 142 cm³/mol. The highest BCUT2D eigenvalue weighted by Crippen LogP contribution is 2.36. The van der Waals surface area contributed by atoms with Crippen LogP contribution in [0.15, 0.2) is 60.0 Å². The maximum absolute atomic E-state index is 11.1. The van der Waals surface area contributed by atoms with Crippen LogP contribution < -0.4 is 15.0 Å². The Bertz CT molecular complexity index is 1360. The summed E-state index contributed by atoms with van der Waals surface area (Å²) in [7, 11) is 1.64. The Hall–Kier alpha value is -3.56. The van der Waals surface area contributed by atoms with Gasteiger partial charge in [-0.1, -0.05) is 35.8 Å². The number of fused-ring (bicyclic) bond motifs is 1. The molecule has 1 aliphatic heterocycles. The zero-order valence-corrected chi connectivity index (χ0v) is 21.1. The first-order valence-electron chi connectivity index (χ1n) is 12.0. The Morgan fingerprint density at radius 1 is 1.11 bits per heavy atom. The molecule has 0 aliphatic carbocycles. The summed E-state index contributed by atoms with van der Waals surface area (Å²) in [6.07, 6.45) is 3.15. The number of halogens is 1. The Balaban J connectivity index is 1.61. The summed E-state index contributed by atoms with van der Waals surface area (Å²) in [6, 6.07) is 15.4. The van der Waals surface area contributed by atoms with Crippen molar-refractivity contribution < 1.29 is 4.74 Å². The number of imidazole rings is 1. The number of nitrogens with one attached hydrogen (secondary N) is 1. The summed E-state index contributed by atoms with van der Waals surface area (Å²) in [5.74, 6) is 2.22. The Kier molecular flexibility index (Phi) is 6.84. The van der Waals surface area contributed by atoms with E-state index in [9.17, 15) is 4.91 Å². The van der Waals surface area contributed by atoms with E-state index in [0.717, 1.165) is 55.3 Å². The minimum atomic E-state index is -0.273. The second kappa shape index (κ2) is 10.2. The van der Waals surface area contributed by atoms with Gasteiger partial charge in [0.15, 0.2) is 17.0 Å². The van der Waals surface area contributed by atoms with Crippen molar-refractivity contribution in [2.75, 3.05) is 38.2 Å². The van der Waals surface area contributed by atoms with E-state index in [1.165, 1.54) is 0 Å². The lowest BCUT2D eigenvalue weighted by atomic mass is 9.87. The van der Waals surface area contributed by atoms with E-state index >= 15 is 0 Å². The van der Waals surface area contributed by atoms with Crippen LogP contribution in [0.25, 0.3) is 28.2 Å². The number of likely N-dealkylation sites (N-methyl/N-ethyl adjacent to an activating group) is 1. The van der Waals surface area contributed by atoms with E-state index in [0.29, 0.717) is 22.0 Å². The van der Waals surface area contributed by atoms with E-state index in [-0.39, 0.29) is 12.1 Å². The molecular weight excluding hydrogens is 478 g/mol. The lowest BCUT2D eigenvalue weighted by molar-refractivity contribution is 0.272. The van der Waals surface area contributed by atoms with Crippen molar-refractivity contribution in [3.05, 3.63) is 64.8 Å². The third kappa shape index (κ3) is 4.40. The van der Waals surface area contributed by atoms with Crippen LogP contribution >= 0.6 is 11.6 Å². The van der Waals surface area contributed by atoms with Gasteiger partial charge < -0.3 is 15.0 Å². The maximum atomic E-state index is 11.1. The first-order chi connectivity index (χ1) is 17.6. The molecule has 0 spiro atoms. The highest BCUT2D eigenvalue weighted by atomic mass is 35.5. The average molecular weight is 506 g/mol. The molecule has 36 heavy (non-hydrogen) atoms. The first kappa shape index (κ1) is 24.1. The molecule has 0 saturated carbocycles. The fraction of sp³-hybridized carbons (Fsp3) is 0.346. The number of hydrogen-bond donors (Lipinski definition) is 1. The van der Waals surface area contributed by atoms with Crippen LogP contribution in [0, 0.1) is 4.91 Å². The molecule has 186 valence electrons. The van der Waals surface area contributed by atoms with Gasteiger partial charge in [-0.05, 0) is 55.8 Å². The van der Waals surface area contributed by atoms with Crippen molar-refractivity contribution in [3.8, 4) is 22.8 Å². The van der Waals surface area contributed by atoms with Gasteiger partial charge in [-0.2, -0.15) is 4.91 Å². The predicted octanol–water partition coefficient (Wildman–Crippen LogP) is 4.86. The summed E-state index contributed by atoms with van der Waals surface area (Å²) in [4.78, 5) is 27.6. The Morgan fingerprint density at radius 2 is 1.86 bits per heavy atom. The van der Waals surface area contributed by atoms with Gasteiger partial charge in [0.25, 0.3) is 0 Å². The van der Waals surface area contributed by atoms with E-state index < -0.39 is 0 Å². The van der Waals surface area contributed by atoms with Crippen molar-refractivity contribution >= 4 is 28.6 Å². The highest BCUT2D eigenvalue weighted by molar-refractivity contribution is 6.33. The van der Waals surface area contributed by atoms with Crippen molar-refractivity contribution in [3.63, 3.8) is 0 Å². The van der Waals surface area contributed by atoms with Crippen molar-refractivity contribution in [2.24, 2.45) is 5.18 Å². The molecule has 5 rings (SSSR count). The number of rotatable bonds is 8. The molecule has 0 radical (unpaired) electrons. The van der Waals surface area contributed by atoms with Crippen molar-refractivity contribution in [1.82, 2.24) is 24.8 Å². The molecule has 9 nitrogen and oxygen atoms in total. The highest BCUT2D eigenvalue weighted by Gasteiger charge is 2.35. The van der Waals surface area contributed by atoms with Gasteiger partial charge in [0.2, 0.25) is 0 Å². The number of ether oxygens (including phenoxy) is 1. The van der Waals surface area contributed by atoms with Gasteiger partial charge in [0.1, 0.15) is 17.9 Å². The smallest absolute Gasteiger partial charge is 0.170 e. The minimum Gasteiger partial charge on any atom is -0.497 e. The summed E-state index contributed by atoms with van der Waals surface area (Å²) < 4.78 is 7.35. The molecule has 3 heterocycles. The topological polar surface area (TPSA) is 97.5 Å². The molecule has 1 N–H and O–H groups in total. The lowest BCUT2D eigenvalue weighted by Gasteiger charge is -2.41. The average Bonchev–Trinajstić information content (AvgIpc) is 3.29. The Labute approximate surface area is 214 Å². The number of benzene rings is 2. The second-order valence-corrected chi connectivity index (χ2v) is 9.31. The van der Waals surface area contributed by atoms with Gasteiger partial charge in [-0.3, -0.25) is 4.57 Å². The van der Waals surface area contributed by atoms with E-state index in [1.54, 1.807) is 13.4 Å². The van der Waals surface area contributed by atoms with Gasteiger partial charge in [-0.15, -0.1) is 0 Å². The lowest BCUT2D eigenvalue weighted by Crippen LogP contribution is -2.55. The minimum absolute atomic E-state index is 0.261. The van der Waals surface area contributed by atoms with Crippen molar-refractivity contribution in [2.45, 2.75) is 25.3 Å². The molecule has 0 unspecified atom stereocenters. The van der Waals surface area contributed by atoms with Crippen LogP contribution in [0.1, 0.15) is 19.8 Å². The van der Waals surface area contributed by atoms with E-state index in [1.807, 2.05) is 53.1 Å². The van der Waals surface area contributed by atoms with Crippen LogP contribution in [0.5, 0.6) is 5.75 Å². The zero-order chi connectivity index (χ0) is 25.1. The molecule has 2 aromatic heterocycles.